The van der Waals surface area contributed by atoms with Crippen molar-refractivity contribution in [3.63, 3.8) is 0 Å². The van der Waals surface area contributed by atoms with Gasteiger partial charge in [-0.1, -0.05) is 22.6 Å². The van der Waals surface area contributed by atoms with Gasteiger partial charge in [-0.3, -0.25) is 4.79 Å². The number of alkyl halides is 1. The van der Waals surface area contributed by atoms with E-state index < -0.39 is 0 Å². The molecule has 11 heavy (non-hydrogen) atoms. The third-order valence-electron chi connectivity index (χ3n) is 1.96. The molecule has 64 valence electrons. The summed E-state index contributed by atoms with van der Waals surface area (Å²) >= 11 is 2.08. The number of ether oxygens (including phenoxy) is 1. The Morgan fingerprint density at radius 2 is 2.55 bits per heavy atom. The third kappa shape index (κ3) is 2.30. The predicted molar refractivity (Wildman–Crippen MR) is 50.9 cm³/mol. The Morgan fingerprint density at radius 1 is 1.82 bits per heavy atom. The molecule has 0 aromatic rings. The first-order chi connectivity index (χ1) is 5.25. The van der Waals surface area contributed by atoms with Gasteiger partial charge in [-0.15, -0.1) is 0 Å². The summed E-state index contributed by atoms with van der Waals surface area (Å²) in [5.74, 6) is 0.195. The topological polar surface area (TPSA) is 29.5 Å². The second-order valence-corrected chi connectivity index (χ2v) is 3.42. The molecule has 1 aliphatic rings. The first-order valence-corrected chi connectivity index (χ1v) is 5.17. The number of carbonyl (C=O) groups is 1. The van der Waals surface area contributed by atoms with Crippen LogP contribution in [0.25, 0.3) is 0 Å². The van der Waals surface area contributed by atoms with Crippen molar-refractivity contribution < 1.29 is 9.53 Å². The van der Waals surface area contributed by atoms with Crippen LogP contribution in [0.15, 0.2) is 0 Å². The highest BCUT2D eigenvalue weighted by Crippen LogP contribution is 2.10. The van der Waals surface area contributed by atoms with Crippen LogP contribution in [0.4, 0.5) is 0 Å². The van der Waals surface area contributed by atoms with Crippen LogP contribution in [0.2, 0.25) is 0 Å². The molecule has 0 aromatic heterocycles. The van der Waals surface area contributed by atoms with Crippen LogP contribution < -0.4 is 0 Å². The molecule has 1 saturated heterocycles. The summed E-state index contributed by atoms with van der Waals surface area (Å²) in [5.41, 5.74) is 0. The van der Waals surface area contributed by atoms with Gasteiger partial charge in [0.15, 0.2) is 0 Å². The van der Waals surface area contributed by atoms with E-state index in [1.54, 1.807) is 4.90 Å². The number of hydrogen-bond acceptors (Lipinski definition) is 2. The summed E-state index contributed by atoms with van der Waals surface area (Å²) in [6.45, 7) is 1.50. The number of likely N-dealkylation sites (N-methyl/N-ethyl adjacent to an activating group) is 1. The van der Waals surface area contributed by atoms with E-state index in [0.29, 0.717) is 17.1 Å². The van der Waals surface area contributed by atoms with Gasteiger partial charge in [0.2, 0.25) is 5.91 Å². The highest BCUT2D eigenvalue weighted by molar-refractivity contribution is 14.1. The summed E-state index contributed by atoms with van der Waals surface area (Å²) in [6, 6.07) is 0.317. The van der Waals surface area contributed by atoms with E-state index in [9.17, 15) is 4.79 Å². The summed E-state index contributed by atoms with van der Waals surface area (Å²) in [7, 11) is 1.85. The minimum atomic E-state index is 0.195. The van der Waals surface area contributed by atoms with Crippen molar-refractivity contribution in [3.8, 4) is 0 Å². The lowest BCUT2D eigenvalue weighted by Gasteiger charge is -2.21. The quantitative estimate of drug-likeness (QED) is 0.544. The highest BCUT2D eigenvalue weighted by atomic mass is 127. The van der Waals surface area contributed by atoms with Gasteiger partial charge in [0.1, 0.15) is 0 Å². The predicted octanol–water partition coefficient (Wildman–Crippen LogP) is 0.669. The van der Waals surface area contributed by atoms with Gasteiger partial charge in [-0.05, 0) is 6.42 Å². The van der Waals surface area contributed by atoms with Crippen LogP contribution in [0.3, 0.4) is 0 Å². The molecular weight excluding hydrogens is 257 g/mol. The van der Waals surface area contributed by atoms with Crippen LogP contribution in [-0.2, 0) is 9.53 Å². The number of nitrogens with zero attached hydrogens (tertiary/aromatic N) is 1. The normalized spacial score (nSPS) is 23.6. The van der Waals surface area contributed by atoms with Crippen LogP contribution in [0.5, 0.6) is 0 Å². The molecule has 0 bridgehead atoms. The third-order valence-corrected chi connectivity index (χ3v) is 2.61. The smallest absolute Gasteiger partial charge is 0.232 e. The second-order valence-electron chi connectivity index (χ2n) is 2.66. The van der Waals surface area contributed by atoms with Crippen LogP contribution in [0, 0.1) is 0 Å². The number of hydrogen-bond donors (Lipinski definition) is 0. The Balaban J connectivity index is 2.39. The number of halogens is 1. The van der Waals surface area contributed by atoms with E-state index >= 15 is 0 Å². The zero-order chi connectivity index (χ0) is 8.27. The van der Waals surface area contributed by atoms with Gasteiger partial charge in [0, 0.05) is 13.7 Å². The van der Waals surface area contributed by atoms with Crippen molar-refractivity contribution in [1.82, 2.24) is 4.90 Å². The molecule has 1 fully saturated rings. The largest absolute Gasteiger partial charge is 0.379 e. The summed E-state index contributed by atoms with van der Waals surface area (Å²) in [4.78, 5) is 13.0. The highest BCUT2D eigenvalue weighted by Gasteiger charge is 2.22. The van der Waals surface area contributed by atoms with Crippen molar-refractivity contribution in [2.24, 2.45) is 0 Å². The van der Waals surface area contributed by atoms with Gasteiger partial charge in [0.25, 0.3) is 0 Å². The molecule has 4 heteroatoms. The molecule has 0 aliphatic carbocycles. The van der Waals surface area contributed by atoms with Gasteiger partial charge >= 0.3 is 0 Å². The lowest BCUT2D eigenvalue weighted by Crippen LogP contribution is -2.37. The average Bonchev–Trinajstić information content (AvgIpc) is 2.53. The molecule has 0 N–H and O–H groups in total. The Bertz CT molecular complexity index is 145. The Labute approximate surface area is 80.2 Å². The molecule has 0 aromatic carbocycles. The fourth-order valence-electron chi connectivity index (χ4n) is 1.13. The van der Waals surface area contributed by atoms with Crippen molar-refractivity contribution in [1.29, 1.82) is 0 Å². The molecule has 1 aliphatic heterocycles. The lowest BCUT2D eigenvalue weighted by atomic mass is 10.2. The minimum Gasteiger partial charge on any atom is -0.379 e. The van der Waals surface area contributed by atoms with E-state index in [2.05, 4.69) is 22.6 Å². The number of carbonyl (C=O) groups excluding carboxylic acids is 1. The zero-order valence-corrected chi connectivity index (χ0v) is 8.70. The van der Waals surface area contributed by atoms with Crippen molar-refractivity contribution in [3.05, 3.63) is 0 Å². The maximum atomic E-state index is 11.2. The second kappa shape index (κ2) is 4.25. The summed E-state index contributed by atoms with van der Waals surface area (Å²) in [5, 5.41) is 0. The van der Waals surface area contributed by atoms with Gasteiger partial charge in [0.05, 0.1) is 17.1 Å². The lowest BCUT2D eigenvalue weighted by molar-refractivity contribution is -0.128. The summed E-state index contributed by atoms with van der Waals surface area (Å²) < 4.78 is 5.74. The monoisotopic (exact) mass is 269 g/mol. The molecule has 0 spiro atoms. The van der Waals surface area contributed by atoms with E-state index in [4.69, 9.17) is 4.74 Å². The average molecular weight is 269 g/mol. The Hall–Kier alpha value is 0.160. The Morgan fingerprint density at radius 3 is 3.00 bits per heavy atom. The van der Waals surface area contributed by atoms with E-state index in [1.165, 1.54) is 0 Å². The zero-order valence-electron chi connectivity index (χ0n) is 6.55. The first kappa shape index (κ1) is 9.25. The summed E-state index contributed by atoms with van der Waals surface area (Å²) in [6.07, 6.45) is 0.985. The molecule has 0 saturated carbocycles. The van der Waals surface area contributed by atoms with E-state index in [1.807, 2.05) is 7.05 Å². The molecule has 1 heterocycles. The van der Waals surface area contributed by atoms with Crippen molar-refractivity contribution >= 4 is 28.5 Å². The van der Waals surface area contributed by atoms with Crippen LogP contribution >= 0.6 is 22.6 Å². The maximum absolute atomic E-state index is 11.2. The van der Waals surface area contributed by atoms with Crippen molar-refractivity contribution in [2.75, 3.05) is 24.7 Å². The van der Waals surface area contributed by atoms with Crippen LogP contribution in [-0.4, -0.2) is 41.5 Å². The fourth-order valence-corrected chi connectivity index (χ4v) is 1.66. The first-order valence-electron chi connectivity index (χ1n) is 3.65. The molecule has 1 unspecified atom stereocenters. The molecule has 1 rings (SSSR count). The minimum absolute atomic E-state index is 0.195. The van der Waals surface area contributed by atoms with Gasteiger partial charge in [-0.2, -0.15) is 0 Å². The standard InChI is InChI=1S/C7H12INO2/c1-9(7(10)4-8)6-2-3-11-5-6/h6H,2-5H2,1H3. The van der Waals surface area contributed by atoms with E-state index in [0.717, 1.165) is 13.0 Å². The Kier molecular flexibility index (Phi) is 3.58. The SMILES string of the molecule is CN(C(=O)CI)C1CCOC1. The molecule has 1 amide bonds. The van der Waals surface area contributed by atoms with E-state index in [-0.39, 0.29) is 5.91 Å². The fraction of sp³-hybridized carbons (Fsp3) is 0.857. The molecular formula is C7H12INO2. The molecule has 1 atom stereocenters. The number of amides is 1. The number of rotatable bonds is 2. The molecule has 3 nitrogen and oxygen atoms in total. The maximum Gasteiger partial charge on any atom is 0.232 e. The van der Waals surface area contributed by atoms with Crippen LogP contribution in [0.1, 0.15) is 6.42 Å². The van der Waals surface area contributed by atoms with Gasteiger partial charge in [-0.25, -0.2) is 0 Å². The van der Waals surface area contributed by atoms with Crippen molar-refractivity contribution in [2.45, 2.75) is 12.5 Å². The molecule has 0 radical (unpaired) electrons. The van der Waals surface area contributed by atoms with Gasteiger partial charge < -0.3 is 9.64 Å².